The van der Waals surface area contributed by atoms with Gasteiger partial charge in [-0.25, -0.2) is 0 Å². The summed E-state index contributed by atoms with van der Waals surface area (Å²) in [6, 6.07) is 6.15. The zero-order chi connectivity index (χ0) is 9.84. The molecule has 0 saturated carbocycles. The molecule has 0 radical (unpaired) electrons. The van der Waals surface area contributed by atoms with Gasteiger partial charge in [-0.2, -0.15) is 0 Å². The van der Waals surface area contributed by atoms with Crippen LogP contribution in [-0.4, -0.2) is 10.0 Å². The molecule has 0 spiro atoms. The van der Waals surface area contributed by atoms with Crippen molar-refractivity contribution in [3.8, 4) is 0 Å². The smallest absolute Gasteiger partial charge is 0.292 e. The number of hydrogen-bond acceptors (Lipinski definition) is 3. The van der Waals surface area contributed by atoms with Gasteiger partial charge in [-0.15, -0.1) is 12.4 Å². The van der Waals surface area contributed by atoms with Crippen molar-refractivity contribution in [2.45, 2.75) is 0 Å². The van der Waals surface area contributed by atoms with E-state index < -0.39 is 4.92 Å². The lowest BCUT2D eigenvalue weighted by molar-refractivity contribution is -0.383. The van der Waals surface area contributed by atoms with E-state index in [2.05, 4.69) is 17.5 Å². The van der Waals surface area contributed by atoms with Crippen LogP contribution in [0.1, 0.15) is 0 Å². The van der Waals surface area contributed by atoms with Crippen molar-refractivity contribution in [3.63, 3.8) is 0 Å². The number of nitrogens with one attached hydrogen (secondary N) is 1. The number of nitro groups is 1. The second-order valence-electron chi connectivity index (χ2n) is 2.26. The van der Waals surface area contributed by atoms with Crippen LogP contribution in [0, 0.1) is 10.1 Å². The van der Waals surface area contributed by atoms with Gasteiger partial charge in [-0.1, -0.05) is 12.1 Å². The molecule has 0 bridgehead atoms. The van der Waals surface area contributed by atoms with E-state index in [9.17, 15) is 10.1 Å². The summed E-state index contributed by atoms with van der Waals surface area (Å²) >= 11 is 4.57. The Morgan fingerprint density at radius 2 is 2.07 bits per heavy atom. The molecule has 1 aromatic carbocycles. The van der Waals surface area contributed by atoms with Crippen LogP contribution >= 0.6 is 24.6 Å². The average molecular weight is 234 g/mol. The Balaban J connectivity index is 0.00000169. The highest BCUT2D eigenvalue weighted by atomic mass is 35.5. The van der Waals surface area contributed by atoms with Gasteiger partial charge in [0.05, 0.1) is 4.92 Å². The Kier molecular flexibility index (Phi) is 4.82. The van der Waals surface area contributed by atoms with Gasteiger partial charge in [0.2, 0.25) is 0 Å². The van der Waals surface area contributed by atoms with Crippen molar-refractivity contribution in [2.24, 2.45) is 5.73 Å². The number of nitrogens with zero attached hydrogens (tertiary/aromatic N) is 1. The van der Waals surface area contributed by atoms with Crippen molar-refractivity contribution < 1.29 is 4.92 Å². The largest absolute Gasteiger partial charge is 0.376 e. The molecular weight excluding hydrogens is 226 g/mol. The van der Waals surface area contributed by atoms with Gasteiger partial charge >= 0.3 is 0 Å². The quantitative estimate of drug-likeness (QED) is 0.461. The zero-order valence-corrected chi connectivity index (χ0v) is 8.60. The summed E-state index contributed by atoms with van der Waals surface area (Å²) in [5.41, 5.74) is 5.45. The Hall–Kier alpha value is -1.40. The van der Waals surface area contributed by atoms with E-state index in [1.165, 1.54) is 12.1 Å². The molecule has 0 saturated heterocycles. The minimum atomic E-state index is -0.499. The first-order chi connectivity index (χ1) is 6.11. The molecule has 0 aromatic heterocycles. The monoisotopic (exact) mass is 233 g/mol. The highest BCUT2D eigenvalue weighted by Gasteiger charge is 2.11. The van der Waals surface area contributed by atoms with Crippen molar-refractivity contribution in [1.29, 1.82) is 0 Å². The fourth-order valence-corrected chi connectivity index (χ4v) is 0.981. The SMILES string of the molecule is Cl.NC(=S)Nc1ccccc1[N+](=O)[O-]. The van der Waals surface area contributed by atoms with Crippen LogP contribution in [-0.2, 0) is 0 Å². The predicted octanol–water partition coefficient (Wildman–Crippen LogP) is 1.67. The van der Waals surface area contributed by atoms with Crippen LogP contribution in [0.15, 0.2) is 24.3 Å². The van der Waals surface area contributed by atoms with Crippen LogP contribution in [0.4, 0.5) is 11.4 Å². The van der Waals surface area contributed by atoms with Crippen molar-refractivity contribution in [1.82, 2.24) is 0 Å². The second-order valence-corrected chi connectivity index (χ2v) is 2.70. The van der Waals surface area contributed by atoms with Crippen LogP contribution in [0.3, 0.4) is 0 Å². The van der Waals surface area contributed by atoms with Gasteiger partial charge in [-0.3, -0.25) is 10.1 Å². The lowest BCUT2D eigenvalue weighted by Crippen LogP contribution is -2.19. The number of anilines is 1. The average Bonchev–Trinajstić information content (AvgIpc) is 2.03. The van der Waals surface area contributed by atoms with Crippen LogP contribution < -0.4 is 11.1 Å². The second kappa shape index (κ2) is 5.36. The molecule has 0 aliphatic rings. The number of para-hydroxylation sites is 2. The van der Waals surface area contributed by atoms with Crippen LogP contribution in [0.5, 0.6) is 0 Å². The molecule has 0 aliphatic carbocycles. The maximum atomic E-state index is 10.5. The first kappa shape index (κ1) is 12.6. The minimum absolute atomic E-state index is 0. The molecule has 5 nitrogen and oxygen atoms in total. The molecule has 0 heterocycles. The van der Waals surface area contributed by atoms with E-state index in [1.807, 2.05) is 0 Å². The summed E-state index contributed by atoms with van der Waals surface area (Å²) in [5, 5.41) is 13.0. The summed E-state index contributed by atoms with van der Waals surface area (Å²) in [6.45, 7) is 0. The first-order valence-electron chi connectivity index (χ1n) is 3.41. The maximum Gasteiger partial charge on any atom is 0.292 e. The van der Waals surface area contributed by atoms with Gasteiger partial charge in [0.25, 0.3) is 5.69 Å². The van der Waals surface area contributed by atoms with Gasteiger partial charge < -0.3 is 11.1 Å². The normalized spacial score (nSPS) is 8.57. The van der Waals surface area contributed by atoms with E-state index in [0.29, 0.717) is 5.69 Å². The third-order valence-corrected chi connectivity index (χ3v) is 1.46. The van der Waals surface area contributed by atoms with Crippen LogP contribution in [0.2, 0.25) is 0 Å². The Bertz CT molecular complexity index is 359. The lowest BCUT2D eigenvalue weighted by atomic mass is 10.3. The molecule has 3 N–H and O–H groups in total. The third kappa shape index (κ3) is 3.15. The number of nitrogens with two attached hydrogens (primary N) is 1. The van der Waals surface area contributed by atoms with E-state index >= 15 is 0 Å². The number of benzene rings is 1. The molecule has 0 aliphatic heterocycles. The molecule has 0 fully saturated rings. The molecule has 14 heavy (non-hydrogen) atoms. The van der Waals surface area contributed by atoms with E-state index in [-0.39, 0.29) is 23.2 Å². The van der Waals surface area contributed by atoms with Gasteiger partial charge in [0, 0.05) is 6.07 Å². The lowest BCUT2D eigenvalue weighted by Gasteiger charge is -2.03. The Labute approximate surface area is 91.9 Å². The molecule has 1 aromatic rings. The molecule has 0 amide bonds. The third-order valence-electron chi connectivity index (χ3n) is 1.36. The summed E-state index contributed by atoms with van der Waals surface area (Å²) < 4.78 is 0. The molecule has 0 atom stereocenters. The van der Waals surface area contributed by atoms with Crippen molar-refractivity contribution >= 4 is 41.1 Å². The Morgan fingerprint density at radius 1 is 1.50 bits per heavy atom. The van der Waals surface area contributed by atoms with E-state index in [1.54, 1.807) is 12.1 Å². The summed E-state index contributed by atoms with van der Waals surface area (Å²) in [6.07, 6.45) is 0. The molecule has 0 unspecified atom stereocenters. The molecular formula is C7H8ClN3O2S. The highest BCUT2D eigenvalue weighted by Crippen LogP contribution is 2.22. The Morgan fingerprint density at radius 3 is 2.57 bits per heavy atom. The summed E-state index contributed by atoms with van der Waals surface area (Å²) in [7, 11) is 0. The topological polar surface area (TPSA) is 81.2 Å². The standard InChI is InChI=1S/C7H7N3O2S.ClH/c8-7(13)9-5-3-1-2-4-6(5)10(11)12;/h1-4H,(H3,8,9,13);1H. The van der Waals surface area contributed by atoms with Gasteiger partial charge in [-0.05, 0) is 18.3 Å². The van der Waals surface area contributed by atoms with Gasteiger partial charge in [0.15, 0.2) is 5.11 Å². The predicted molar refractivity (Wildman–Crippen MR) is 60.8 cm³/mol. The number of nitro benzene ring substituents is 1. The maximum absolute atomic E-state index is 10.5. The summed E-state index contributed by atoms with van der Waals surface area (Å²) in [5.74, 6) is 0. The van der Waals surface area contributed by atoms with Gasteiger partial charge in [0.1, 0.15) is 5.69 Å². The molecule has 7 heteroatoms. The van der Waals surface area contributed by atoms with E-state index in [4.69, 9.17) is 5.73 Å². The van der Waals surface area contributed by atoms with Crippen molar-refractivity contribution in [2.75, 3.05) is 5.32 Å². The number of rotatable bonds is 2. The van der Waals surface area contributed by atoms with Crippen LogP contribution in [0.25, 0.3) is 0 Å². The fraction of sp³-hybridized carbons (Fsp3) is 0. The molecule has 1 rings (SSSR count). The number of thiocarbonyl (C=S) groups is 1. The highest BCUT2D eigenvalue weighted by molar-refractivity contribution is 7.80. The number of halogens is 1. The van der Waals surface area contributed by atoms with E-state index in [0.717, 1.165) is 0 Å². The fourth-order valence-electron chi connectivity index (χ4n) is 0.871. The first-order valence-corrected chi connectivity index (χ1v) is 3.82. The zero-order valence-electron chi connectivity index (χ0n) is 6.97. The van der Waals surface area contributed by atoms with Crippen molar-refractivity contribution in [3.05, 3.63) is 34.4 Å². The minimum Gasteiger partial charge on any atom is -0.376 e. The molecule has 76 valence electrons. The summed E-state index contributed by atoms with van der Waals surface area (Å²) in [4.78, 5) is 9.99. The number of hydrogen-bond donors (Lipinski definition) is 2.